The first-order chi connectivity index (χ1) is 13.4. The Bertz CT molecular complexity index is 1120. The van der Waals surface area contributed by atoms with Crippen LogP contribution in [0.4, 0.5) is 17.6 Å². The van der Waals surface area contributed by atoms with E-state index in [9.17, 15) is 17.6 Å². The molecule has 0 saturated carbocycles. The summed E-state index contributed by atoms with van der Waals surface area (Å²) < 4.78 is 57.0. The van der Waals surface area contributed by atoms with E-state index < -0.39 is 6.36 Å². The lowest BCUT2D eigenvalue weighted by molar-refractivity contribution is -0.274. The number of benzene rings is 3. The van der Waals surface area contributed by atoms with E-state index in [1.807, 2.05) is 28.8 Å². The van der Waals surface area contributed by atoms with Gasteiger partial charge in [-0.15, -0.1) is 13.2 Å². The number of nitrogens with zero attached hydrogens (tertiary/aromatic N) is 2. The molecule has 4 aromatic rings. The van der Waals surface area contributed by atoms with Gasteiger partial charge < -0.3 is 9.30 Å². The molecule has 28 heavy (non-hydrogen) atoms. The van der Waals surface area contributed by atoms with Crippen molar-refractivity contribution < 1.29 is 22.3 Å². The van der Waals surface area contributed by atoms with Gasteiger partial charge in [0.1, 0.15) is 17.4 Å². The van der Waals surface area contributed by atoms with Crippen LogP contribution < -0.4 is 4.74 Å². The van der Waals surface area contributed by atoms with E-state index in [2.05, 4.69) is 9.72 Å². The maximum absolute atomic E-state index is 14.2. The maximum atomic E-state index is 14.2. The van der Waals surface area contributed by atoms with Crippen LogP contribution >= 0.6 is 0 Å². The Kier molecular flexibility index (Phi) is 4.50. The number of para-hydroxylation sites is 2. The van der Waals surface area contributed by atoms with Gasteiger partial charge in [0.15, 0.2) is 0 Å². The van der Waals surface area contributed by atoms with Crippen molar-refractivity contribution in [3.8, 4) is 17.1 Å². The van der Waals surface area contributed by atoms with Crippen molar-refractivity contribution in [2.75, 3.05) is 0 Å². The first-order valence-corrected chi connectivity index (χ1v) is 8.45. The Balaban J connectivity index is 1.78. The average Bonchev–Trinajstić information content (AvgIpc) is 3.02. The van der Waals surface area contributed by atoms with Gasteiger partial charge in [-0.2, -0.15) is 0 Å². The number of aromatic nitrogens is 2. The zero-order chi connectivity index (χ0) is 19.7. The summed E-state index contributed by atoms with van der Waals surface area (Å²) in [6.07, 6.45) is -4.75. The topological polar surface area (TPSA) is 27.1 Å². The molecule has 3 nitrogen and oxygen atoms in total. The predicted molar refractivity (Wildman–Crippen MR) is 97.4 cm³/mol. The van der Waals surface area contributed by atoms with Crippen LogP contribution in [0.3, 0.4) is 0 Å². The number of alkyl halides is 3. The number of hydrogen-bond donors (Lipinski definition) is 0. The van der Waals surface area contributed by atoms with Crippen molar-refractivity contribution >= 4 is 11.0 Å². The first kappa shape index (κ1) is 18.0. The molecule has 0 bridgehead atoms. The zero-order valence-corrected chi connectivity index (χ0v) is 14.4. The lowest BCUT2D eigenvalue weighted by Gasteiger charge is -2.12. The second kappa shape index (κ2) is 6.99. The van der Waals surface area contributed by atoms with Crippen molar-refractivity contribution in [1.29, 1.82) is 0 Å². The minimum atomic E-state index is -4.75. The van der Waals surface area contributed by atoms with Gasteiger partial charge in [0.05, 0.1) is 17.6 Å². The van der Waals surface area contributed by atoms with E-state index in [1.165, 1.54) is 30.3 Å². The number of ether oxygens (including phenoxy) is 1. The highest BCUT2D eigenvalue weighted by Gasteiger charge is 2.31. The third-order valence-corrected chi connectivity index (χ3v) is 4.29. The molecule has 0 spiro atoms. The Hall–Kier alpha value is -3.35. The quantitative estimate of drug-likeness (QED) is 0.415. The third kappa shape index (κ3) is 3.69. The predicted octanol–water partition coefficient (Wildman–Crippen LogP) is 5.79. The fourth-order valence-corrected chi connectivity index (χ4v) is 3.06. The second-order valence-electron chi connectivity index (χ2n) is 6.17. The molecule has 0 unspecified atom stereocenters. The molecule has 0 aliphatic carbocycles. The molecule has 0 saturated heterocycles. The van der Waals surface area contributed by atoms with E-state index in [4.69, 9.17) is 0 Å². The lowest BCUT2D eigenvalue weighted by atomic mass is 10.1. The molecule has 0 fully saturated rings. The van der Waals surface area contributed by atoms with E-state index in [-0.39, 0.29) is 18.1 Å². The summed E-state index contributed by atoms with van der Waals surface area (Å²) in [4.78, 5) is 4.59. The van der Waals surface area contributed by atoms with Gasteiger partial charge in [0, 0.05) is 11.1 Å². The summed E-state index contributed by atoms with van der Waals surface area (Å²) in [6, 6.07) is 19.3. The van der Waals surface area contributed by atoms with E-state index in [1.54, 1.807) is 18.2 Å². The third-order valence-electron chi connectivity index (χ3n) is 4.29. The minimum Gasteiger partial charge on any atom is -0.406 e. The molecule has 7 heteroatoms. The number of hydrogen-bond acceptors (Lipinski definition) is 2. The highest BCUT2D eigenvalue weighted by molar-refractivity contribution is 5.80. The largest absolute Gasteiger partial charge is 0.573 e. The summed E-state index contributed by atoms with van der Waals surface area (Å²) in [5.41, 5.74) is 2.60. The lowest BCUT2D eigenvalue weighted by Crippen LogP contribution is -2.17. The highest BCUT2D eigenvalue weighted by Crippen LogP contribution is 2.29. The van der Waals surface area contributed by atoms with Crippen LogP contribution in [-0.2, 0) is 6.54 Å². The van der Waals surface area contributed by atoms with E-state index in [0.29, 0.717) is 22.5 Å². The van der Waals surface area contributed by atoms with Gasteiger partial charge in [-0.1, -0.05) is 30.3 Å². The molecule has 0 atom stereocenters. The van der Waals surface area contributed by atoms with Gasteiger partial charge >= 0.3 is 6.36 Å². The van der Waals surface area contributed by atoms with Crippen LogP contribution in [0, 0.1) is 5.82 Å². The molecule has 0 amide bonds. The molecule has 1 aromatic heterocycles. The van der Waals surface area contributed by atoms with Crippen molar-refractivity contribution in [1.82, 2.24) is 9.55 Å². The van der Waals surface area contributed by atoms with Crippen LogP contribution in [0.15, 0.2) is 72.8 Å². The van der Waals surface area contributed by atoms with Gasteiger partial charge in [-0.25, -0.2) is 9.37 Å². The maximum Gasteiger partial charge on any atom is 0.573 e. The Morgan fingerprint density at radius 2 is 1.54 bits per heavy atom. The number of fused-ring (bicyclic) bond motifs is 1. The van der Waals surface area contributed by atoms with Gasteiger partial charge in [0.2, 0.25) is 0 Å². The standard InChI is InChI=1S/C21H14F4N2O/c22-17-6-2-1-5-15(17)13-27-19-8-4-3-7-18(19)26-20(27)14-9-11-16(12-10-14)28-21(23,24)25/h1-12H,13H2. The molecule has 3 aromatic carbocycles. The van der Waals surface area contributed by atoms with Crippen LogP contribution in [0.1, 0.15) is 5.56 Å². The van der Waals surface area contributed by atoms with Gasteiger partial charge in [-0.05, 0) is 42.5 Å². The summed E-state index contributed by atoms with van der Waals surface area (Å²) in [6.45, 7) is 0.239. The van der Waals surface area contributed by atoms with Crippen molar-refractivity contribution in [3.05, 3.63) is 84.2 Å². The normalized spacial score (nSPS) is 11.7. The fraction of sp³-hybridized carbons (Fsp3) is 0.0952. The molecule has 1 heterocycles. The van der Waals surface area contributed by atoms with Crippen LogP contribution in [0.25, 0.3) is 22.4 Å². The van der Waals surface area contributed by atoms with Gasteiger partial charge in [0.25, 0.3) is 0 Å². The summed E-state index contributed by atoms with van der Waals surface area (Å²) in [5.74, 6) is -0.115. The number of imidazole rings is 1. The second-order valence-corrected chi connectivity index (χ2v) is 6.17. The Morgan fingerprint density at radius 1 is 0.857 bits per heavy atom. The molecule has 0 N–H and O–H groups in total. The molecule has 142 valence electrons. The average molecular weight is 386 g/mol. The minimum absolute atomic E-state index is 0.239. The first-order valence-electron chi connectivity index (χ1n) is 8.45. The molecular formula is C21H14F4N2O. The SMILES string of the molecule is Fc1ccccc1Cn1c(-c2ccc(OC(F)(F)F)cc2)nc2ccccc21. The molecule has 4 rings (SSSR count). The summed E-state index contributed by atoms with van der Waals surface area (Å²) >= 11 is 0. The monoisotopic (exact) mass is 386 g/mol. The fourth-order valence-electron chi connectivity index (χ4n) is 3.06. The van der Waals surface area contributed by atoms with E-state index in [0.717, 1.165) is 5.52 Å². The highest BCUT2D eigenvalue weighted by atomic mass is 19.4. The van der Waals surface area contributed by atoms with Crippen molar-refractivity contribution in [3.63, 3.8) is 0 Å². The molecule has 0 radical (unpaired) electrons. The van der Waals surface area contributed by atoms with Crippen molar-refractivity contribution in [2.24, 2.45) is 0 Å². The molecule has 0 aliphatic heterocycles. The zero-order valence-electron chi connectivity index (χ0n) is 14.4. The summed E-state index contributed by atoms with van der Waals surface area (Å²) in [7, 11) is 0. The molecule has 0 aliphatic rings. The van der Waals surface area contributed by atoms with Crippen LogP contribution in [-0.4, -0.2) is 15.9 Å². The number of rotatable bonds is 4. The smallest absolute Gasteiger partial charge is 0.406 e. The number of halogens is 4. The summed E-state index contributed by atoms with van der Waals surface area (Å²) in [5, 5.41) is 0. The van der Waals surface area contributed by atoms with Gasteiger partial charge in [-0.3, -0.25) is 0 Å². The molecular weight excluding hydrogens is 372 g/mol. The van der Waals surface area contributed by atoms with Crippen molar-refractivity contribution in [2.45, 2.75) is 12.9 Å². The Labute approximate surface area is 157 Å². The Morgan fingerprint density at radius 3 is 2.25 bits per heavy atom. The van der Waals surface area contributed by atoms with E-state index >= 15 is 0 Å². The van der Waals surface area contributed by atoms with Crippen LogP contribution in [0.2, 0.25) is 0 Å². The van der Waals surface area contributed by atoms with Crippen LogP contribution in [0.5, 0.6) is 5.75 Å².